The van der Waals surface area contributed by atoms with Gasteiger partial charge in [0.2, 0.25) is 0 Å². The summed E-state index contributed by atoms with van der Waals surface area (Å²) >= 11 is 6.49. The van der Waals surface area contributed by atoms with Crippen molar-refractivity contribution >= 4 is 40.5 Å². The van der Waals surface area contributed by atoms with Crippen LogP contribution in [0.4, 0.5) is 15.3 Å². The van der Waals surface area contributed by atoms with Crippen molar-refractivity contribution in [2.24, 2.45) is 0 Å². The number of imidazole rings is 1. The van der Waals surface area contributed by atoms with Crippen LogP contribution in [0, 0.1) is 0 Å². The van der Waals surface area contributed by atoms with Gasteiger partial charge >= 0.3 is 12.2 Å². The lowest BCUT2D eigenvalue weighted by Crippen LogP contribution is -2.32. The largest absolute Gasteiger partial charge is 0.445 e. The number of hydrogen-bond acceptors (Lipinski definition) is 6. The Morgan fingerprint density at radius 1 is 0.818 bits per heavy atom. The van der Waals surface area contributed by atoms with Crippen LogP contribution < -0.4 is 16.0 Å². The number of anilines is 1. The molecule has 44 heavy (non-hydrogen) atoms. The molecule has 0 spiro atoms. The van der Waals surface area contributed by atoms with Gasteiger partial charge in [-0.1, -0.05) is 99.7 Å². The van der Waals surface area contributed by atoms with Gasteiger partial charge in [-0.3, -0.25) is 0 Å². The van der Waals surface area contributed by atoms with Crippen molar-refractivity contribution in [2.75, 3.05) is 18.4 Å². The molecule has 10 heteroatoms. The van der Waals surface area contributed by atoms with Gasteiger partial charge in [-0.2, -0.15) is 0 Å². The summed E-state index contributed by atoms with van der Waals surface area (Å²) in [6.07, 6.45) is 12.4. The zero-order valence-electron chi connectivity index (χ0n) is 26.6. The van der Waals surface area contributed by atoms with Gasteiger partial charge in [-0.25, -0.2) is 14.6 Å². The highest BCUT2D eigenvalue weighted by Crippen LogP contribution is 2.27. The molecule has 0 fully saturated rings. The number of unbranched alkanes of at least 4 members (excludes halogenated alkanes) is 10. The molecule has 4 N–H and O–H groups in total. The lowest BCUT2D eigenvalue weighted by molar-refractivity contribution is 0.0522. The van der Waals surface area contributed by atoms with E-state index in [1.807, 2.05) is 63.2 Å². The standard InChI is InChI=1S/C34H50ClN5O4/c1-34(2,3)44-33(42)38-24-31-39-29-22-27(35)28(23-30(29)40-31)36-20-16-11-9-7-5-4-6-8-10-12-17-21-37-32(41)43-25-26-18-14-13-15-19-26/h13-15,18-19,22-23,36H,4-12,16-17,20-21,24-25H2,1-3H3,(H,37,41)(H,38,42)(H,39,40). The van der Waals surface area contributed by atoms with E-state index in [0.29, 0.717) is 24.0 Å². The Morgan fingerprint density at radius 3 is 2.07 bits per heavy atom. The fourth-order valence-corrected chi connectivity index (χ4v) is 5.03. The van der Waals surface area contributed by atoms with E-state index in [0.717, 1.165) is 48.1 Å². The predicted molar refractivity (Wildman–Crippen MR) is 178 cm³/mol. The van der Waals surface area contributed by atoms with Crippen LogP contribution in [0.3, 0.4) is 0 Å². The summed E-state index contributed by atoms with van der Waals surface area (Å²) < 4.78 is 10.5. The zero-order chi connectivity index (χ0) is 31.6. The number of aromatic nitrogens is 2. The summed E-state index contributed by atoms with van der Waals surface area (Å²) in [6.45, 7) is 7.57. The molecule has 2 amide bonds. The fourth-order valence-electron chi connectivity index (χ4n) is 4.80. The molecular formula is C34H50ClN5O4. The molecule has 9 nitrogen and oxygen atoms in total. The first kappa shape index (κ1) is 35.0. The second-order valence-corrected chi connectivity index (χ2v) is 12.6. The fraction of sp³-hybridized carbons (Fsp3) is 0.559. The summed E-state index contributed by atoms with van der Waals surface area (Å²) in [5.41, 5.74) is 2.96. The first-order valence-corrected chi connectivity index (χ1v) is 16.4. The number of benzene rings is 2. The van der Waals surface area contributed by atoms with E-state index in [9.17, 15) is 9.59 Å². The van der Waals surface area contributed by atoms with Crippen LogP contribution in [0.1, 0.15) is 103 Å². The molecule has 0 aliphatic heterocycles. The molecule has 2 aromatic carbocycles. The Bertz CT molecular complexity index is 1280. The third-order valence-corrected chi connectivity index (χ3v) is 7.38. The van der Waals surface area contributed by atoms with E-state index in [2.05, 4.69) is 25.9 Å². The van der Waals surface area contributed by atoms with Gasteiger partial charge in [0.05, 0.1) is 28.3 Å². The molecule has 0 radical (unpaired) electrons. The van der Waals surface area contributed by atoms with Crippen LogP contribution >= 0.6 is 11.6 Å². The lowest BCUT2D eigenvalue weighted by Gasteiger charge is -2.19. The first-order chi connectivity index (χ1) is 21.2. The number of ether oxygens (including phenoxy) is 2. The van der Waals surface area contributed by atoms with Gasteiger partial charge in [0.15, 0.2) is 0 Å². The topological polar surface area (TPSA) is 117 Å². The Balaban J connectivity index is 1.14. The van der Waals surface area contributed by atoms with E-state index >= 15 is 0 Å². The third kappa shape index (κ3) is 14.3. The van der Waals surface area contributed by atoms with E-state index in [1.54, 1.807) is 0 Å². The van der Waals surface area contributed by atoms with Crippen molar-refractivity contribution in [3.63, 3.8) is 0 Å². The minimum atomic E-state index is -0.545. The van der Waals surface area contributed by atoms with Crippen molar-refractivity contribution < 1.29 is 19.1 Å². The Hall–Kier alpha value is -3.46. The Morgan fingerprint density at radius 2 is 1.43 bits per heavy atom. The highest BCUT2D eigenvalue weighted by Gasteiger charge is 2.16. The SMILES string of the molecule is CC(C)(C)OC(=O)NCc1nc2cc(Cl)c(NCCCCCCCCCCCCCNC(=O)OCc3ccccc3)cc2[nH]1. The van der Waals surface area contributed by atoms with Gasteiger partial charge in [0, 0.05) is 13.1 Å². The van der Waals surface area contributed by atoms with Gasteiger partial charge in [0.1, 0.15) is 18.0 Å². The molecule has 3 rings (SSSR count). The number of H-pyrrole nitrogens is 1. The number of rotatable bonds is 19. The average Bonchev–Trinajstić information content (AvgIpc) is 3.38. The molecule has 0 unspecified atom stereocenters. The van der Waals surface area contributed by atoms with Gasteiger partial charge < -0.3 is 30.4 Å². The number of alkyl carbamates (subject to hydrolysis) is 2. The number of fused-ring (bicyclic) bond motifs is 1. The van der Waals surface area contributed by atoms with Crippen LogP contribution in [0.15, 0.2) is 42.5 Å². The molecule has 0 saturated carbocycles. The molecule has 0 aliphatic carbocycles. The number of carbonyl (C=O) groups is 2. The number of halogens is 1. The van der Waals surface area contributed by atoms with Gasteiger partial charge in [-0.05, 0) is 51.3 Å². The summed E-state index contributed by atoms with van der Waals surface area (Å²) in [5, 5.41) is 9.64. The zero-order valence-corrected chi connectivity index (χ0v) is 27.4. The highest BCUT2D eigenvalue weighted by atomic mass is 35.5. The summed E-state index contributed by atoms with van der Waals surface area (Å²) in [4.78, 5) is 31.4. The van der Waals surface area contributed by atoms with Crippen LogP contribution in [-0.2, 0) is 22.6 Å². The van der Waals surface area contributed by atoms with Crippen LogP contribution in [0.2, 0.25) is 5.02 Å². The molecule has 0 atom stereocenters. The monoisotopic (exact) mass is 627 g/mol. The smallest absolute Gasteiger partial charge is 0.408 e. The van der Waals surface area contributed by atoms with E-state index in [-0.39, 0.29) is 12.6 Å². The van der Waals surface area contributed by atoms with Crippen molar-refractivity contribution in [1.29, 1.82) is 0 Å². The van der Waals surface area contributed by atoms with Crippen LogP contribution in [0.5, 0.6) is 0 Å². The average molecular weight is 628 g/mol. The van der Waals surface area contributed by atoms with Gasteiger partial charge in [-0.15, -0.1) is 0 Å². The normalized spacial score (nSPS) is 11.4. The van der Waals surface area contributed by atoms with E-state index < -0.39 is 11.7 Å². The molecule has 242 valence electrons. The minimum Gasteiger partial charge on any atom is -0.445 e. The van der Waals surface area contributed by atoms with E-state index in [1.165, 1.54) is 51.4 Å². The van der Waals surface area contributed by atoms with Crippen molar-refractivity contribution in [3.8, 4) is 0 Å². The van der Waals surface area contributed by atoms with Crippen molar-refractivity contribution in [1.82, 2.24) is 20.6 Å². The van der Waals surface area contributed by atoms with Crippen LogP contribution in [0.25, 0.3) is 11.0 Å². The number of aromatic amines is 1. The molecule has 1 aromatic heterocycles. The molecule has 0 saturated heterocycles. The summed E-state index contributed by atoms with van der Waals surface area (Å²) in [6, 6.07) is 13.5. The number of nitrogens with zero attached hydrogens (tertiary/aromatic N) is 1. The Labute approximate surface area is 267 Å². The van der Waals surface area contributed by atoms with Gasteiger partial charge in [0.25, 0.3) is 0 Å². The number of hydrogen-bond donors (Lipinski definition) is 4. The number of carbonyl (C=O) groups excluding carboxylic acids is 2. The quantitative estimate of drug-likeness (QED) is 0.0986. The second kappa shape index (κ2) is 19.0. The maximum absolute atomic E-state index is 11.9. The molecule has 3 aromatic rings. The predicted octanol–water partition coefficient (Wildman–Crippen LogP) is 8.87. The van der Waals surface area contributed by atoms with E-state index in [4.69, 9.17) is 21.1 Å². The third-order valence-electron chi connectivity index (χ3n) is 7.07. The summed E-state index contributed by atoms with van der Waals surface area (Å²) in [5.74, 6) is 0.644. The number of nitrogens with one attached hydrogen (secondary N) is 4. The number of amides is 2. The van der Waals surface area contributed by atoms with Crippen molar-refractivity contribution in [3.05, 3.63) is 58.9 Å². The molecule has 0 aliphatic rings. The Kier molecular flexibility index (Phi) is 15.2. The maximum Gasteiger partial charge on any atom is 0.408 e. The molecular weight excluding hydrogens is 578 g/mol. The van der Waals surface area contributed by atoms with Crippen molar-refractivity contribution in [2.45, 2.75) is 110 Å². The first-order valence-electron chi connectivity index (χ1n) is 16.0. The lowest BCUT2D eigenvalue weighted by atomic mass is 10.1. The second-order valence-electron chi connectivity index (χ2n) is 12.2. The molecule has 0 bridgehead atoms. The summed E-state index contributed by atoms with van der Waals surface area (Å²) in [7, 11) is 0. The maximum atomic E-state index is 11.9. The highest BCUT2D eigenvalue weighted by molar-refractivity contribution is 6.34. The van der Waals surface area contributed by atoms with Crippen LogP contribution in [-0.4, -0.2) is 40.8 Å². The molecule has 1 heterocycles. The minimum absolute atomic E-state index is 0.247.